The van der Waals surface area contributed by atoms with E-state index in [2.05, 4.69) is 10.1 Å². The van der Waals surface area contributed by atoms with Gasteiger partial charge in [0.1, 0.15) is 0 Å². The molecule has 0 aromatic heterocycles. The number of hydrogen-bond donors (Lipinski definition) is 1. The Morgan fingerprint density at radius 1 is 1.40 bits per heavy atom. The summed E-state index contributed by atoms with van der Waals surface area (Å²) in [5.41, 5.74) is 0.607. The Labute approximate surface area is 87.2 Å². The predicted octanol–water partition coefficient (Wildman–Crippen LogP) is 1.04. The van der Waals surface area contributed by atoms with Crippen molar-refractivity contribution in [2.24, 2.45) is 0 Å². The van der Waals surface area contributed by atoms with E-state index >= 15 is 0 Å². The third kappa shape index (κ3) is 2.58. The molecule has 1 rings (SSSR count). The van der Waals surface area contributed by atoms with Crippen molar-refractivity contribution in [2.45, 2.75) is 0 Å². The van der Waals surface area contributed by atoms with Crippen molar-refractivity contribution < 1.29 is 14.3 Å². The van der Waals surface area contributed by atoms with Crippen LogP contribution in [0.5, 0.6) is 0 Å². The van der Waals surface area contributed by atoms with Gasteiger partial charge in [-0.3, -0.25) is 4.79 Å². The normalized spacial score (nSPS) is 8.80. The fourth-order valence-electron chi connectivity index (χ4n) is 1.04. The lowest BCUT2D eigenvalue weighted by Gasteiger charge is -2.06. The van der Waals surface area contributed by atoms with Gasteiger partial charge in [0.05, 0.1) is 18.4 Å². The average molecular weight is 203 g/mol. The lowest BCUT2D eigenvalue weighted by Crippen LogP contribution is -2.12. The molecule has 0 radical (unpaired) electrons. The van der Waals surface area contributed by atoms with Gasteiger partial charge in [-0.05, 0) is 18.1 Å². The number of methoxy groups -OCH3 is 1. The van der Waals surface area contributed by atoms with Gasteiger partial charge in [0.2, 0.25) is 0 Å². The van der Waals surface area contributed by atoms with Gasteiger partial charge < -0.3 is 10.1 Å². The van der Waals surface area contributed by atoms with Crippen LogP contribution in [0.15, 0.2) is 24.3 Å². The van der Waals surface area contributed by atoms with Crippen LogP contribution < -0.4 is 5.32 Å². The molecule has 0 saturated heterocycles. The number of terminal acetylenes is 1. The first kappa shape index (κ1) is 10.8. The molecular formula is C11H9NO3. The number of hydrogen-bond acceptors (Lipinski definition) is 3. The summed E-state index contributed by atoms with van der Waals surface area (Å²) in [5, 5.41) is 2.40. The first-order valence-electron chi connectivity index (χ1n) is 4.14. The summed E-state index contributed by atoms with van der Waals surface area (Å²) in [5.74, 6) is 0.765. The van der Waals surface area contributed by atoms with Crippen molar-refractivity contribution in [1.29, 1.82) is 0 Å². The molecule has 1 aromatic rings. The molecule has 1 amide bonds. The second-order valence-electron chi connectivity index (χ2n) is 2.64. The van der Waals surface area contributed by atoms with E-state index in [1.807, 2.05) is 5.92 Å². The van der Waals surface area contributed by atoms with Crippen molar-refractivity contribution in [2.75, 3.05) is 12.4 Å². The molecule has 0 fully saturated rings. The molecule has 0 atom stereocenters. The second kappa shape index (κ2) is 4.82. The maximum Gasteiger partial charge on any atom is 0.339 e. The van der Waals surface area contributed by atoms with E-state index in [-0.39, 0.29) is 5.56 Å². The van der Waals surface area contributed by atoms with Crippen molar-refractivity contribution in [3.8, 4) is 12.3 Å². The number of ether oxygens (including phenoxy) is 1. The van der Waals surface area contributed by atoms with Crippen LogP contribution in [-0.4, -0.2) is 19.0 Å². The molecule has 4 nitrogen and oxygen atoms in total. The van der Waals surface area contributed by atoms with Crippen LogP contribution in [0, 0.1) is 12.3 Å². The first-order chi connectivity index (χ1) is 7.19. The number of para-hydroxylation sites is 1. The van der Waals surface area contributed by atoms with Crippen LogP contribution in [0.4, 0.5) is 5.69 Å². The molecule has 0 aliphatic heterocycles. The van der Waals surface area contributed by atoms with Gasteiger partial charge in [-0.2, -0.15) is 0 Å². The molecule has 15 heavy (non-hydrogen) atoms. The summed E-state index contributed by atoms with van der Waals surface area (Å²) >= 11 is 0. The van der Waals surface area contributed by atoms with Crippen LogP contribution in [0.2, 0.25) is 0 Å². The highest BCUT2D eigenvalue weighted by molar-refractivity contribution is 6.07. The molecule has 0 spiro atoms. The number of rotatable bonds is 2. The van der Waals surface area contributed by atoms with Gasteiger partial charge >= 0.3 is 5.97 Å². The largest absolute Gasteiger partial charge is 0.465 e. The molecule has 1 aromatic carbocycles. The summed E-state index contributed by atoms with van der Waals surface area (Å²) in [7, 11) is 1.27. The van der Waals surface area contributed by atoms with Gasteiger partial charge in [0.25, 0.3) is 5.91 Å². The summed E-state index contributed by atoms with van der Waals surface area (Å²) in [4.78, 5) is 22.2. The Morgan fingerprint density at radius 2 is 2.07 bits per heavy atom. The molecule has 0 bridgehead atoms. The zero-order chi connectivity index (χ0) is 11.3. The molecule has 4 heteroatoms. The third-order valence-electron chi connectivity index (χ3n) is 1.71. The van der Waals surface area contributed by atoms with Crippen LogP contribution in [0.3, 0.4) is 0 Å². The van der Waals surface area contributed by atoms with Gasteiger partial charge in [0, 0.05) is 0 Å². The van der Waals surface area contributed by atoms with Crippen molar-refractivity contribution in [1.82, 2.24) is 0 Å². The van der Waals surface area contributed by atoms with Crippen molar-refractivity contribution >= 4 is 17.6 Å². The predicted molar refractivity (Wildman–Crippen MR) is 55.2 cm³/mol. The molecule has 0 aliphatic carbocycles. The zero-order valence-electron chi connectivity index (χ0n) is 8.11. The maximum atomic E-state index is 11.3. The molecule has 1 N–H and O–H groups in total. The number of nitrogens with one attached hydrogen (secondary N) is 1. The second-order valence-corrected chi connectivity index (χ2v) is 2.64. The number of anilines is 1. The Bertz CT molecular complexity index is 432. The fraction of sp³-hybridized carbons (Fsp3) is 0.0909. The minimum Gasteiger partial charge on any atom is -0.465 e. The Hall–Kier alpha value is -2.28. The van der Waals surface area contributed by atoms with Crippen LogP contribution >= 0.6 is 0 Å². The fourth-order valence-corrected chi connectivity index (χ4v) is 1.04. The highest BCUT2D eigenvalue weighted by Gasteiger charge is 2.11. The quantitative estimate of drug-likeness (QED) is 0.577. The Kier molecular flexibility index (Phi) is 3.47. The summed E-state index contributed by atoms with van der Waals surface area (Å²) in [6.45, 7) is 0. The lowest BCUT2D eigenvalue weighted by atomic mass is 10.2. The number of carbonyl (C=O) groups is 2. The van der Waals surface area contributed by atoms with Gasteiger partial charge in [0.15, 0.2) is 0 Å². The smallest absolute Gasteiger partial charge is 0.339 e. The lowest BCUT2D eigenvalue weighted by molar-refractivity contribution is -0.111. The van der Waals surface area contributed by atoms with E-state index in [9.17, 15) is 9.59 Å². The number of carbonyl (C=O) groups excluding carboxylic acids is 2. The highest BCUT2D eigenvalue weighted by atomic mass is 16.5. The van der Waals surface area contributed by atoms with E-state index in [1.165, 1.54) is 13.2 Å². The standard InChI is InChI=1S/C11H9NO3/c1-3-10(13)12-9-7-5-4-6-8(9)11(14)15-2/h1,4-7H,2H3,(H,12,13). The molecule has 76 valence electrons. The van der Waals surface area contributed by atoms with Crippen LogP contribution in [-0.2, 0) is 9.53 Å². The van der Waals surface area contributed by atoms with Crippen molar-refractivity contribution in [3.05, 3.63) is 29.8 Å². The summed E-state index contributed by atoms with van der Waals surface area (Å²) in [6.07, 6.45) is 4.90. The van der Waals surface area contributed by atoms with Crippen LogP contribution in [0.1, 0.15) is 10.4 Å². The molecule has 0 saturated carbocycles. The molecular weight excluding hydrogens is 194 g/mol. The van der Waals surface area contributed by atoms with Gasteiger partial charge in [-0.25, -0.2) is 4.79 Å². The van der Waals surface area contributed by atoms with E-state index in [4.69, 9.17) is 6.42 Å². The Balaban J connectivity index is 3.02. The zero-order valence-corrected chi connectivity index (χ0v) is 8.11. The monoisotopic (exact) mass is 203 g/mol. The number of esters is 1. The number of amides is 1. The van der Waals surface area contributed by atoms with Gasteiger partial charge in [-0.1, -0.05) is 12.1 Å². The highest BCUT2D eigenvalue weighted by Crippen LogP contribution is 2.15. The summed E-state index contributed by atoms with van der Waals surface area (Å²) < 4.78 is 4.55. The SMILES string of the molecule is C#CC(=O)Nc1ccccc1C(=O)OC. The number of benzene rings is 1. The molecule has 0 unspecified atom stereocenters. The van der Waals surface area contributed by atoms with Crippen molar-refractivity contribution in [3.63, 3.8) is 0 Å². The summed E-state index contributed by atoms with van der Waals surface area (Å²) in [6, 6.07) is 6.45. The van der Waals surface area contributed by atoms with Gasteiger partial charge in [-0.15, -0.1) is 6.42 Å². The first-order valence-corrected chi connectivity index (χ1v) is 4.14. The molecule has 0 heterocycles. The van der Waals surface area contributed by atoms with E-state index in [1.54, 1.807) is 18.2 Å². The van der Waals surface area contributed by atoms with E-state index < -0.39 is 11.9 Å². The maximum absolute atomic E-state index is 11.3. The van der Waals surface area contributed by atoms with Crippen LogP contribution in [0.25, 0.3) is 0 Å². The topological polar surface area (TPSA) is 55.4 Å². The molecule has 0 aliphatic rings. The minimum absolute atomic E-state index is 0.267. The van der Waals surface area contributed by atoms with E-state index in [0.717, 1.165) is 0 Å². The average Bonchev–Trinajstić information content (AvgIpc) is 2.28. The minimum atomic E-state index is -0.605. The van der Waals surface area contributed by atoms with E-state index in [0.29, 0.717) is 5.69 Å². The Morgan fingerprint density at radius 3 is 2.67 bits per heavy atom. The third-order valence-corrected chi connectivity index (χ3v) is 1.71.